The minimum Gasteiger partial charge on any atom is -0.445 e. The molecule has 0 radical (unpaired) electrons. The van der Waals surface area contributed by atoms with Crippen LogP contribution in [0.5, 0.6) is 0 Å². The van der Waals surface area contributed by atoms with Gasteiger partial charge in [-0.05, 0) is 12.8 Å². The van der Waals surface area contributed by atoms with Crippen LogP contribution in [0.1, 0.15) is 36.8 Å². The highest BCUT2D eigenvalue weighted by Gasteiger charge is 2.23. The predicted octanol–water partition coefficient (Wildman–Crippen LogP) is 1.48. The summed E-state index contributed by atoms with van der Waals surface area (Å²) in [6.07, 6.45) is 6.10. The van der Waals surface area contributed by atoms with Crippen molar-refractivity contribution in [3.8, 4) is 0 Å². The average Bonchev–Trinajstić information content (AvgIpc) is 2.34. The van der Waals surface area contributed by atoms with Crippen molar-refractivity contribution in [1.82, 2.24) is 4.98 Å². The highest BCUT2D eigenvalue weighted by Crippen LogP contribution is 2.36. The third kappa shape index (κ3) is 1.37. The third-order valence-corrected chi connectivity index (χ3v) is 2.40. The normalized spacial score (nSPS) is 17.8. The van der Waals surface area contributed by atoms with Crippen molar-refractivity contribution in [3.63, 3.8) is 0 Å². The van der Waals surface area contributed by atoms with E-state index in [0.29, 0.717) is 18.2 Å². The largest absolute Gasteiger partial charge is 0.445 e. The lowest BCUT2D eigenvalue weighted by Gasteiger charge is -2.22. The van der Waals surface area contributed by atoms with Crippen LogP contribution < -0.4 is 0 Å². The van der Waals surface area contributed by atoms with Crippen molar-refractivity contribution in [3.05, 3.63) is 17.8 Å². The van der Waals surface area contributed by atoms with E-state index in [2.05, 4.69) is 4.98 Å². The maximum Gasteiger partial charge on any atom is 0.196 e. The summed E-state index contributed by atoms with van der Waals surface area (Å²) in [5, 5.41) is 8.64. The fourth-order valence-electron chi connectivity index (χ4n) is 1.42. The first-order chi connectivity index (χ1) is 5.90. The zero-order chi connectivity index (χ0) is 8.39. The molecule has 1 fully saturated rings. The molecule has 1 aromatic rings. The van der Waals surface area contributed by atoms with E-state index in [1.807, 2.05) is 0 Å². The minimum absolute atomic E-state index is 0.116. The Hall–Kier alpha value is -0.830. The molecule has 0 bridgehead atoms. The van der Waals surface area contributed by atoms with Gasteiger partial charge in [0.05, 0.1) is 12.8 Å². The van der Waals surface area contributed by atoms with Crippen LogP contribution in [-0.4, -0.2) is 16.7 Å². The van der Waals surface area contributed by atoms with Crippen LogP contribution in [-0.2, 0) is 6.42 Å². The first-order valence-electron chi connectivity index (χ1n) is 4.45. The molecule has 0 saturated heterocycles. The van der Waals surface area contributed by atoms with E-state index >= 15 is 0 Å². The highest BCUT2D eigenvalue weighted by molar-refractivity contribution is 5.05. The second-order valence-electron chi connectivity index (χ2n) is 3.26. The lowest BCUT2D eigenvalue weighted by atomic mass is 9.84. The summed E-state index contributed by atoms with van der Waals surface area (Å²) < 4.78 is 5.46. The zero-order valence-electron chi connectivity index (χ0n) is 6.99. The van der Waals surface area contributed by atoms with Gasteiger partial charge >= 0.3 is 0 Å². The summed E-state index contributed by atoms with van der Waals surface area (Å²) in [6, 6.07) is 0. The Morgan fingerprint density at radius 3 is 3.00 bits per heavy atom. The Labute approximate surface area is 71.4 Å². The van der Waals surface area contributed by atoms with Crippen LogP contribution >= 0.6 is 0 Å². The number of hydrogen-bond acceptors (Lipinski definition) is 3. The summed E-state index contributed by atoms with van der Waals surface area (Å²) in [7, 11) is 0. The van der Waals surface area contributed by atoms with E-state index in [-0.39, 0.29) is 6.61 Å². The molecule has 1 aliphatic rings. The minimum atomic E-state index is 0.116. The van der Waals surface area contributed by atoms with Gasteiger partial charge in [0.15, 0.2) is 5.89 Å². The van der Waals surface area contributed by atoms with Gasteiger partial charge in [0.25, 0.3) is 0 Å². The number of oxazole rings is 1. The molecule has 66 valence electrons. The van der Waals surface area contributed by atoms with E-state index in [1.165, 1.54) is 19.3 Å². The molecule has 2 rings (SSSR count). The van der Waals surface area contributed by atoms with Gasteiger partial charge in [0.2, 0.25) is 0 Å². The number of aromatic nitrogens is 1. The summed E-state index contributed by atoms with van der Waals surface area (Å²) in [5.74, 6) is 2.27. The van der Waals surface area contributed by atoms with Crippen molar-refractivity contribution in [2.75, 3.05) is 6.61 Å². The number of aliphatic hydroxyl groups is 1. The Bertz CT molecular complexity index is 253. The number of nitrogens with zero attached hydrogens (tertiary/aromatic N) is 1. The van der Waals surface area contributed by atoms with E-state index in [1.54, 1.807) is 6.20 Å². The number of aliphatic hydroxyl groups excluding tert-OH is 1. The van der Waals surface area contributed by atoms with Gasteiger partial charge in [-0.15, -0.1) is 0 Å². The quantitative estimate of drug-likeness (QED) is 0.741. The molecule has 1 aromatic heterocycles. The Morgan fingerprint density at radius 1 is 1.58 bits per heavy atom. The maximum atomic E-state index is 8.64. The molecular weight excluding hydrogens is 154 g/mol. The summed E-state index contributed by atoms with van der Waals surface area (Å²) in [6.45, 7) is 0.116. The molecule has 3 heteroatoms. The van der Waals surface area contributed by atoms with Crippen molar-refractivity contribution in [1.29, 1.82) is 0 Å². The smallest absolute Gasteiger partial charge is 0.196 e. The Morgan fingerprint density at radius 2 is 2.42 bits per heavy atom. The molecule has 1 N–H and O–H groups in total. The van der Waals surface area contributed by atoms with E-state index in [4.69, 9.17) is 9.52 Å². The van der Waals surface area contributed by atoms with Crippen molar-refractivity contribution < 1.29 is 9.52 Å². The topological polar surface area (TPSA) is 46.3 Å². The van der Waals surface area contributed by atoms with Crippen molar-refractivity contribution >= 4 is 0 Å². The van der Waals surface area contributed by atoms with Crippen LogP contribution in [0.2, 0.25) is 0 Å². The van der Waals surface area contributed by atoms with Crippen LogP contribution in [0.4, 0.5) is 0 Å². The molecule has 0 aliphatic heterocycles. The molecule has 1 saturated carbocycles. The van der Waals surface area contributed by atoms with Crippen molar-refractivity contribution in [2.45, 2.75) is 31.6 Å². The van der Waals surface area contributed by atoms with Crippen LogP contribution in [0.3, 0.4) is 0 Å². The Kier molecular flexibility index (Phi) is 2.13. The molecule has 0 spiro atoms. The van der Waals surface area contributed by atoms with Crippen LogP contribution in [0.15, 0.2) is 10.6 Å². The average molecular weight is 167 g/mol. The first-order valence-corrected chi connectivity index (χ1v) is 4.45. The maximum absolute atomic E-state index is 8.64. The Balaban J connectivity index is 2.02. The molecule has 0 aromatic carbocycles. The molecule has 1 heterocycles. The second kappa shape index (κ2) is 3.27. The molecular formula is C9H13NO2. The van der Waals surface area contributed by atoms with Crippen molar-refractivity contribution in [2.24, 2.45) is 0 Å². The highest BCUT2D eigenvalue weighted by atomic mass is 16.4. The van der Waals surface area contributed by atoms with Gasteiger partial charge in [0, 0.05) is 12.3 Å². The fraction of sp³-hybridized carbons (Fsp3) is 0.667. The third-order valence-electron chi connectivity index (χ3n) is 2.40. The molecule has 3 nitrogen and oxygen atoms in total. The van der Waals surface area contributed by atoms with Crippen LogP contribution in [0.25, 0.3) is 0 Å². The summed E-state index contributed by atoms with van der Waals surface area (Å²) in [4.78, 5) is 4.08. The van der Waals surface area contributed by atoms with Gasteiger partial charge in [-0.25, -0.2) is 4.98 Å². The van der Waals surface area contributed by atoms with Gasteiger partial charge in [0.1, 0.15) is 5.76 Å². The monoisotopic (exact) mass is 167 g/mol. The van der Waals surface area contributed by atoms with E-state index in [9.17, 15) is 0 Å². The first kappa shape index (κ1) is 7.80. The number of rotatable bonds is 3. The lowest BCUT2D eigenvalue weighted by molar-refractivity contribution is 0.276. The van der Waals surface area contributed by atoms with Gasteiger partial charge < -0.3 is 9.52 Å². The van der Waals surface area contributed by atoms with E-state index in [0.717, 1.165) is 5.76 Å². The summed E-state index contributed by atoms with van der Waals surface area (Å²) in [5.41, 5.74) is 0. The molecule has 0 unspecified atom stereocenters. The second-order valence-corrected chi connectivity index (χ2v) is 3.26. The van der Waals surface area contributed by atoms with Gasteiger partial charge in [-0.2, -0.15) is 0 Å². The van der Waals surface area contributed by atoms with Crippen LogP contribution in [0, 0.1) is 0 Å². The standard InChI is InChI=1S/C9H13NO2/c11-5-4-9-10-6-8(12-9)7-2-1-3-7/h6-7,11H,1-5H2. The summed E-state index contributed by atoms with van der Waals surface area (Å²) >= 11 is 0. The molecule has 1 aliphatic carbocycles. The van der Waals surface area contributed by atoms with Gasteiger partial charge in [-0.1, -0.05) is 6.42 Å². The zero-order valence-corrected chi connectivity index (χ0v) is 6.99. The van der Waals surface area contributed by atoms with Gasteiger partial charge in [-0.3, -0.25) is 0 Å². The molecule has 0 amide bonds. The molecule has 0 atom stereocenters. The predicted molar refractivity (Wildman–Crippen MR) is 43.9 cm³/mol. The number of hydrogen-bond donors (Lipinski definition) is 1. The SMILES string of the molecule is OCCc1ncc(C2CCC2)o1. The fourth-order valence-corrected chi connectivity index (χ4v) is 1.42. The molecule has 12 heavy (non-hydrogen) atoms. The van der Waals surface area contributed by atoms with E-state index < -0.39 is 0 Å². The lowest BCUT2D eigenvalue weighted by Crippen LogP contribution is -2.07.